The van der Waals surface area contributed by atoms with Crippen molar-refractivity contribution in [2.45, 2.75) is 45.8 Å². The Balaban J connectivity index is 1.91. The van der Waals surface area contributed by atoms with Crippen molar-refractivity contribution in [2.24, 2.45) is 0 Å². The molecule has 3 rings (SSSR count). The molecule has 1 aliphatic rings. The second-order valence-electron chi connectivity index (χ2n) is 8.74. The Hall–Kier alpha value is -2.98. The summed E-state index contributed by atoms with van der Waals surface area (Å²) in [6.07, 6.45) is 1.75. The van der Waals surface area contributed by atoms with Crippen molar-refractivity contribution in [3.8, 4) is 11.5 Å². The van der Waals surface area contributed by atoms with Crippen LogP contribution in [0.3, 0.4) is 0 Å². The van der Waals surface area contributed by atoms with E-state index in [0.717, 1.165) is 17.0 Å². The van der Waals surface area contributed by atoms with Crippen LogP contribution in [0.15, 0.2) is 42.5 Å². The number of hydrogen-bond donors (Lipinski definition) is 1. The smallest absolute Gasteiger partial charge is 0.244 e. The highest BCUT2D eigenvalue weighted by atomic mass is 35.5. The zero-order valence-electron chi connectivity index (χ0n) is 20.9. The Bertz CT molecular complexity index is 1210. The highest BCUT2D eigenvalue weighted by Gasteiger charge is 2.31. The number of hydrogen-bond acceptors (Lipinski definition) is 6. The number of anilines is 1. The standard InChI is InChI=1S/C25H32ClN3O6S/c1-5-17(2)27-25(31)18(3)28(15-19-7-6-8-20(26)13-19)24(30)16-29(36(4,32)33)21-9-10-22-23(14-21)35-12-11-34-22/h6-10,13-14,17-18H,5,11-12,15-16H2,1-4H3,(H,27,31)/t17-,18+/m1/s1. The number of halogens is 1. The summed E-state index contributed by atoms with van der Waals surface area (Å²) in [5, 5.41) is 3.38. The minimum Gasteiger partial charge on any atom is -0.486 e. The molecule has 2 amide bonds. The number of carbonyl (C=O) groups excluding carboxylic acids is 2. The summed E-state index contributed by atoms with van der Waals surface area (Å²) in [4.78, 5) is 27.9. The third-order valence-electron chi connectivity index (χ3n) is 5.90. The van der Waals surface area contributed by atoms with Gasteiger partial charge in [-0.2, -0.15) is 0 Å². The van der Waals surface area contributed by atoms with E-state index in [2.05, 4.69) is 5.32 Å². The Morgan fingerprint density at radius 2 is 1.78 bits per heavy atom. The lowest BCUT2D eigenvalue weighted by atomic mass is 10.1. The van der Waals surface area contributed by atoms with E-state index in [1.54, 1.807) is 43.3 Å². The second-order valence-corrected chi connectivity index (χ2v) is 11.1. The third-order valence-corrected chi connectivity index (χ3v) is 7.28. The molecule has 0 unspecified atom stereocenters. The van der Waals surface area contributed by atoms with Crippen molar-refractivity contribution in [1.29, 1.82) is 0 Å². The normalized spacial score (nSPS) is 14.5. The molecule has 0 saturated heterocycles. The van der Waals surface area contributed by atoms with Crippen LogP contribution < -0.4 is 19.1 Å². The van der Waals surface area contributed by atoms with Crippen LogP contribution in [0.25, 0.3) is 0 Å². The van der Waals surface area contributed by atoms with Gasteiger partial charge in [0.15, 0.2) is 11.5 Å². The molecule has 1 N–H and O–H groups in total. The fourth-order valence-corrected chi connectivity index (χ4v) is 4.74. The van der Waals surface area contributed by atoms with E-state index in [-0.39, 0.29) is 24.2 Å². The van der Waals surface area contributed by atoms with Crippen molar-refractivity contribution in [3.05, 3.63) is 53.1 Å². The van der Waals surface area contributed by atoms with Gasteiger partial charge in [-0.15, -0.1) is 0 Å². The molecular weight excluding hydrogens is 506 g/mol. The molecule has 0 aromatic heterocycles. The van der Waals surface area contributed by atoms with Gasteiger partial charge in [0, 0.05) is 23.7 Å². The molecule has 36 heavy (non-hydrogen) atoms. The van der Waals surface area contributed by atoms with Gasteiger partial charge in [-0.3, -0.25) is 13.9 Å². The molecule has 2 aromatic carbocycles. The zero-order valence-corrected chi connectivity index (χ0v) is 22.4. The first-order valence-corrected chi connectivity index (χ1v) is 13.9. The number of carbonyl (C=O) groups is 2. The summed E-state index contributed by atoms with van der Waals surface area (Å²) in [6, 6.07) is 10.7. The van der Waals surface area contributed by atoms with Crippen molar-refractivity contribution in [3.63, 3.8) is 0 Å². The number of rotatable bonds is 10. The molecule has 0 fully saturated rings. The van der Waals surface area contributed by atoms with Gasteiger partial charge >= 0.3 is 0 Å². The lowest BCUT2D eigenvalue weighted by Gasteiger charge is -2.32. The first kappa shape index (κ1) is 27.6. The fourth-order valence-electron chi connectivity index (χ4n) is 3.68. The van der Waals surface area contributed by atoms with Crippen LogP contribution in [0.1, 0.15) is 32.8 Å². The average Bonchev–Trinajstić information content (AvgIpc) is 2.84. The van der Waals surface area contributed by atoms with E-state index in [9.17, 15) is 18.0 Å². The largest absolute Gasteiger partial charge is 0.486 e. The summed E-state index contributed by atoms with van der Waals surface area (Å²) < 4.78 is 37.6. The lowest BCUT2D eigenvalue weighted by Crippen LogP contribution is -2.52. The molecular formula is C25H32ClN3O6S. The average molecular weight is 538 g/mol. The van der Waals surface area contributed by atoms with Crippen molar-refractivity contribution < 1.29 is 27.5 Å². The molecule has 0 spiro atoms. The summed E-state index contributed by atoms with van der Waals surface area (Å²) in [5.41, 5.74) is 0.971. The number of ether oxygens (including phenoxy) is 2. The number of amides is 2. The molecule has 2 aromatic rings. The van der Waals surface area contributed by atoms with Crippen molar-refractivity contribution >= 4 is 39.1 Å². The SMILES string of the molecule is CC[C@@H](C)NC(=O)[C@H](C)N(Cc1cccc(Cl)c1)C(=O)CN(c1ccc2c(c1)OCCO2)S(C)(=O)=O. The maximum absolute atomic E-state index is 13.6. The molecule has 2 atom stereocenters. The predicted molar refractivity (Wildman–Crippen MR) is 139 cm³/mol. The molecule has 1 aliphatic heterocycles. The Morgan fingerprint density at radius 3 is 2.42 bits per heavy atom. The molecule has 0 bridgehead atoms. The highest BCUT2D eigenvalue weighted by molar-refractivity contribution is 7.92. The number of nitrogens with zero attached hydrogens (tertiary/aromatic N) is 2. The molecule has 11 heteroatoms. The van der Waals surface area contributed by atoms with E-state index in [1.807, 2.05) is 13.8 Å². The van der Waals surface area contributed by atoms with Gasteiger partial charge in [-0.05, 0) is 50.1 Å². The quantitative estimate of drug-likeness (QED) is 0.499. The van der Waals surface area contributed by atoms with Gasteiger partial charge in [0.25, 0.3) is 0 Å². The Labute approximate surface area is 217 Å². The van der Waals surface area contributed by atoms with Crippen molar-refractivity contribution in [1.82, 2.24) is 10.2 Å². The van der Waals surface area contributed by atoms with E-state index in [1.165, 1.54) is 11.0 Å². The molecule has 1 heterocycles. The summed E-state index contributed by atoms with van der Waals surface area (Å²) in [7, 11) is -3.85. The van der Waals surface area contributed by atoms with Crippen molar-refractivity contribution in [2.75, 3.05) is 30.3 Å². The molecule has 196 valence electrons. The van der Waals surface area contributed by atoms with Gasteiger partial charge in [0.05, 0.1) is 11.9 Å². The first-order chi connectivity index (χ1) is 17.0. The Morgan fingerprint density at radius 1 is 1.08 bits per heavy atom. The number of fused-ring (bicyclic) bond motifs is 1. The van der Waals surface area contributed by atoms with Crippen LogP contribution in [-0.4, -0.2) is 63.2 Å². The van der Waals surface area contributed by atoms with Gasteiger partial charge in [-0.25, -0.2) is 8.42 Å². The monoisotopic (exact) mass is 537 g/mol. The highest BCUT2D eigenvalue weighted by Crippen LogP contribution is 2.34. The summed E-state index contributed by atoms with van der Waals surface area (Å²) >= 11 is 6.13. The Kier molecular flexibility index (Phi) is 9.08. The maximum Gasteiger partial charge on any atom is 0.244 e. The van der Waals surface area contributed by atoms with Crippen LogP contribution in [0.2, 0.25) is 5.02 Å². The maximum atomic E-state index is 13.6. The molecule has 0 radical (unpaired) electrons. The van der Waals surface area contributed by atoms with Gasteiger partial charge in [0.1, 0.15) is 25.8 Å². The van der Waals surface area contributed by atoms with E-state index >= 15 is 0 Å². The first-order valence-electron chi connectivity index (χ1n) is 11.7. The topological polar surface area (TPSA) is 105 Å². The minimum atomic E-state index is -3.85. The van der Waals surface area contributed by atoms with Gasteiger partial charge in [0.2, 0.25) is 21.8 Å². The second kappa shape index (κ2) is 11.8. The predicted octanol–water partition coefficient (Wildman–Crippen LogP) is 3.21. The van der Waals surface area contributed by atoms with Gasteiger partial charge in [-0.1, -0.05) is 30.7 Å². The van der Waals surface area contributed by atoms with E-state index in [0.29, 0.717) is 35.3 Å². The molecule has 0 aliphatic carbocycles. The number of nitrogens with one attached hydrogen (secondary N) is 1. The van der Waals surface area contributed by atoms with Crippen LogP contribution in [0.4, 0.5) is 5.69 Å². The van der Waals surface area contributed by atoms with Crippen LogP contribution in [0.5, 0.6) is 11.5 Å². The molecule has 9 nitrogen and oxygen atoms in total. The molecule has 0 saturated carbocycles. The van der Waals surface area contributed by atoms with Crippen LogP contribution in [0, 0.1) is 0 Å². The van der Waals surface area contributed by atoms with E-state index in [4.69, 9.17) is 21.1 Å². The zero-order chi connectivity index (χ0) is 26.5. The van der Waals surface area contributed by atoms with E-state index < -0.39 is 28.5 Å². The van der Waals surface area contributed by atoms with Gasteiger partial charge < -0.3 is 19.7 Å². The summed E-state index contributed by atoms with van der Waals surface area (Å²) in [6.45, 7) is 5.76. The number of benzene rings is 2. The lowest BCUT2D eigenvalue weighted by molar-refractivity contribution is -0.139. The fraction of sp³-hybridized carbons (Fsp3) is 0.440. The minimum absolute atomic E-state index is 0.0756. The van der Waals surface area contributed by atoms with Crippen LogP contribution >= 0.6 is 11.6 Å². The van der Waals surface area contributed by atoms with Crippen LogP contribution in [-0.2, 0) is 26.2 Å². The number of sulfonamides is 1. The third kappa shape index (κ3) is 7.04. The summed E-state index contributed by atoms with van der Waals surface area (Å²) in [5.74, 6) is 0.0340.